The molecule has 4 rings (SSSR count). The minimum atomic E-state index is 0.388. The maximum Gasteiger partial charge on any atom is 0.191 e. The second-order valence-corrected chi connectivity index (χ2v) is 8.40. The first-order valence-electron chi connectivity index (χ1n) is 8.27. The van der Waals surface area contributed by atoms with Crippen LogP contribution in [-0.2, 0) is 13.0 Å². The van der Waals surface area contributed by atoms with Crippen LogP contribution in [0.25, 0.3) is 0 Å². The zero-order valence-corrected chi connectivity index (χ0v) is 16.0. The molecule has 1 aliphatic carbocycles. The number of aryl methyl sites for hydroxylation is 1. The number of hydrogen-bond donors (Lipinski definition) is 0. The van der Waals surface area contributed by atoms with Crippen molar-refractivity contribution in [3.05, 3.63) is 57.5 Å². The number of hydrogen-bond acceptors (Lipinski definition) is 5. The van der Waals surface area contributed by atoms with E-state index < -0.39 is 0 Å². The fraction of sp³-hybridized carbons (Fsp3) is 0.333. The number of nitrogens with zero attached hydrogens (tertiary/aromatic N) is 3. The molecular formula is C18H18ClN3OS2. The van der Waals surface area contributed by atoms with Gasteiger partial charge in [0.15, 0.2) is 11.0 Å². The first-order chi connectivity index (χ1) is 12.3. The molecule has 0 atom stereocenters. The molecule has 0 bridgehead atoms. The first kappa shape index (κ1) is 16.9. The van der Waals surface area contributed by atoms with E-state index in [4.69, 9.17) is 16.3 Å². The lowest BCUT2D eigenvalue weighted by molar-refractivity contribution is 0.288. The third kappa shape index (κ3) is 4.19. The largest absolute Gasteiger partial charge is 0.484 e. The molecule has 0 amide bonds. The van der Waals surface area contributed by atoms with Gasteiger partial charge in [0, 0.05) is 16.7 Å². The smallest absolute Gasteiger partial charge is 0.191 e. The number of halogens is 1. The van der Waals surface area contributed by atoms with Crippen molar-refractivity contribution in [2.24, 2.45) is 0 Å². The Balaban J connectivity index is 1.42. The van der Waals surface area contributed by atoms with Crippen LogP contribution < -0.4 is 4.74 Å². The Morgan fingerprint density at radius 3 is 2.84 bits per heavy atom. The molecule has 0 N–H and O–H groups in total. The number of para-hydroxylation sites is 1. The van der Waals surface area contributed by atoms with Gasteiger partial charge in [0.25, 0.3) is 0 Å². The molecule has 7 heteroatoms. The summed E-state index contributed by atoms with van der Waals surface area (Å²) in [6.45, 7) is 0.388. The average molecular weight is 392 g/mol. The summed E-state index contributed by atoms with van der Waals surface area (Å²) in [4.78, 5) is 1.41. The van der Waals surface area contributed by atoms with E-state index in [1.807, 2.05) is 24.3 Å². The fourth-order valence-electron chi connectivity index (χ4n) is 2.61. The molecule has 1 saturated carbocycles. The lowest BCUT2D eigenvalue weighted by atomic mass is 10.3. The Kier molecular flexibility index (Phi) is 5.29. The minimum absolute atomic E-state index is 0.388. The molecule has 0 spiro atoms. The van der Waals surface area contributed by atoms with Gasteiger partial charge >= 0.3 is 0 Å². The summed E-state index contributed by atoms with van der Waals surface area (Å²) in [6.07, 6.45) is 3.44. The summed E-state index contributed by atoms with van der Waals surface area (Å²) in [5.74, 6) is 2.57. The molecule has 0 saturated heterocycles. The van der Waals surface area contributed by atoms with Gasteiger partial charge in [-0.05, 0) is 42.8 Å². The third-order valence-electron chi connectivity index (χ3n) is 4.00. The van der Waals surface area contributed by atoms with E-state index >= 15 is 0 Å². The van der Waals surface area contributed by atoms with Crippen LogP contribution in [0.4, 0.5) is 0 Å². The molecule has 1 aromatic carbocycles. The predicted octanol–water partition coefficient (Wildman–Crippen LogP) is 5.24. The molecule has 4 nitrogen and oxygen atoms in total. The normalized spacial score (nSPS) is 14.0. The van der Waals surface area contributed by atoms with Crippen molar-refractivity contribution in [1.82, 2.24) is 14.8 Å². The Morgan fingerprint density at radius 2 is 2.08 bits per heavy atom. The van der Waals surface area contributed by atoms with Crippen LogP contribution in [0.1, 0.15) is 29.6 Å². The van der Waals surface area contributed by atoms with E-state index in [9.17, 15) is 0 Å². The Labute approximate surface area is 160 Å². The molecule has 25 heavy (non-hydrogen) atoms. The number of benzene rings is 1. The van der Waals surface area contributed by atoms with Gasteiger partial charge in [-0.3, -0.25) is 0 Å². The Morgan fingerprint density at radius 1 is 1.20 bits per heavy atom. The summed E-state index contributed by atoms with van der Waals surface area (Å²) < 4.78 is 8.10. The quantitative estimate of drug-likeness (QED) is 0.492. The second-order valence-electron chi connectivity index (χ2n) is 5.90. The van der Waals surface area contributed by atoms with Crippen LogP contribution in [0.5, 0.6) is 5.75 Å². The van der Waals surface area contributed by atoms with Crippen molar-refractivity contribution >= 4 is 34.7 Å². The SMILES string of the molecule is Clc1ccccc1OCc1nnc(SCCc2cccs2)n1C1CC1. The number of thioether (sulfide) groups is 1. The fourth-order valence-corrected chi connectivity index (χ4v) is 4.63. The molecule has 0 aliphatic heterocycles. The zero-order valence-electron chi connectivity index (χ0n) is 13.6. The lowest BCUT2D eigenvalue weighted by Crippen LogP contribution is -2.07. The highest BCUT2D eigenvalue weighted by Crippen LogP contribution is 2.39. The average Bonchev–Trinajstić information content (AvgIpc) is 3.16. The topological polar surface area (TPSA) is 39.9 Å². The van der Waals surface area contributed by atoms with Gasteiger partial charge in [-0.1, -0.05) is 41.6 Å². The van der Waals surface area contributed by atoms with Gasteiger partial charge in [-0.15, -0.1) is 21.5 Å². The predicted molar refractivity (Wildman–Crippen MR) is 103 cm³/mol. The maximum absolute atomic E-state index is 6.16. The molecule has 2 heterocycles. The highest BCUT2D eigenvalue weighted by Gasteiger charge is 2.29. The maximum atomic E-state index is 6.16. The highest BCUT2D eigenvalue weighted by molar-refractivity contribution is 7.99. The molecule has 0 radical (unpaired) electrons. The number of thiophene rings is 1. The van der Waals surface area contributed by atoms with E-state index in [0.29, 0.717) is 23.4 Å². The van der Waals surface area contributed by atoms with Crippen LogP contribution in [0.2, 0.25) is 5.02 Å². The van der Waals surface area contributed by atoms with Crippen LogP contribution in [0, 0.1) is 0 Å². The van der Waals surface area contributed by atoms with Crippen molar-refractivity contribution in [3.8, 4) is 5.75 Å². The van der Waals surface area contributed by atoms with Gasteiger partial charge in [0.1, 0.15) is 12.4 Å². The molecule has 2 aromatic heterocycles. The molecule has 1 aliphatic rings. The summed E-state index contributed by atoms with van der Waals surface area (Å²) in [6, 6.07) is 12.3. The van der Waals surface area contributed by atoms with Crippen LogP contribution >= 0.6 is 34.7 Å². The molecule has 0 unspecified atom stereocenters. The van der Waals surface area contributed by atoms with E-state index in [-0.39, 0.29) is 0 Å². The van der Waals surface area contributed by atoms with Crippen LogP contribution in [0.3, 0.4) is 0 Å². The van der Waals surface area contributed by atoms with Gasteiger partial charge in [-0.25, -0.2) is 0 Å². The van der Waals surface area contributed by atoms with E-state index in [1.54, 1.807) is 23.1 Å². The van der Waals surface area contributed by atoms with Crippen LogP contribution in [0.15, 0.2) is 46.9 Å². The molecule has 1 fully saturated rings. The summed E-state index contributed by atoms with van der Waals surface area (Å²) >= 11 is 9.73. The minimum Gasteiger partial charge on any atom is -0.484 e. The van der Waals surface area contributed by atoms with Crippen molar-refractivity contribution in [3.63, 3.8) is 0 Å². The molecule has 3 aromatic rings. The first-order valence-corrected chi connectivity index (χ1v) is 10.5. The van der Waals surface area contributed by atoms with Crippen molar-refractivity contribution in [2.75, 3.05) is 5.75 Å². The summed E-state index contributed by atoms with van der Waals surface area (Å²) in [5, 5.41) is 12.5. The molecular weight excluding hydrogens is 374 g/mol. The standard InChI is InChI=1S/C18H18ClN3OS2/c19-15-5-1-2-6-16(15)23-12-17-20-21-18(22(17)13-7-8-13)25-11-9-14-4-3-10-24-14/h1-6,10,13H,7-9,11-12H2. The van der Waals surface area contributed by atoms with E-state index in [0.717, 1.165) is 23.2 Å². The third-order valence-corrected chi connectivity index (χ3v) is 6.19. The zero-order chi connectivity index (χ0) is 17.1. The van der Waals surface area contributed by atoms with Crippen molar-refractivity contribution in [1.29, 1.82) is 0 Å². The Hall–Kier alpha value is -1.50. The van der Waals surface area contributed by atoms with Gasteiger partial charge in [-0.2, -0.15) is 0 Å². The van der Waals surface area contributed by atoms with Crippen molar-refractivity contribution < 1.29 is 4.74 Å². The monoisotopic (exact) mass is 391 g/mol. The van der Waals surface area contributed by atoms with Gasteiger partial charge in [0.2, 0.25) is 0 Å². The second kappa shape index (κ2) is 7.81. The Bertz CT molecular complexity index is 831. The number of aromatic nitrogens is 3. The van der Waals surface area contributed by atoms with Crippen molar-refractivity contribution in [2.45, 2.75) is 37.1 Å². The number of rotatable bonds is 8. The van der Waals surface area contributed by atoms with E-state index in [2.05, 4.69) is 32.3 Å². The highest BCUT2D eigenvalue weighted by atomic mass is 35.5. The summed E-state index contributed by atoms with van der Waals surface area (Å²) in [5.41, 5.74) is 0. The summed E-state index contributed by atoms with van der Waals surface area (Å²) in [7, 11) is 0. The van der Waals surface area contributed by atoms with E-state index in [1.165, 1.54) is 17.7 Å². The van der Waals surface area contributed by atoms with Crippen LogP contribution in [-0.4, -0.2) is 20.5 Å². The van der Waals surface area contributed by atoms with Gasteiger partial charge < -0.3 is 9.30 Å². The van der Waals surface area contributed by atoms with Gasteiger partial charge in [0.05, 0.1) is 5.02 Å². The lowest BCUT2D eigenvalue weighted by Gasteiger charge is -2.10. The molecule has 130 valence electrons. The number of ether oxygens (including phenoxy) is 1.